The topological polar surface area (TPSA) is 29.1 Å². The Morgan fingerprint density at radius 2 is 2.33 bits per heavy atom. The third-order valence-corrected chi connectivity index (χ3v) is 1.80. The van der Waals surface area contributed by atoms with Crippen LogP contribution in [0, 0.1) is 11.8 Å². The van der Waals surface area contributed by atoms with E-state index in [0.29, 0.717) is 11.8 Å². The summed E-state index contributed by atoms with van der Waals surface area (Å²) in [5.74, 6) is 1.21. The lowest BCUT2D eigenvalue weighted by molar-refractivity contribution is -0.122. The van der Waals surface area contributed by atoms with E-state index < -0.39 is 0 Å². The minimum absolute atomic E-state index is 0.241. The van der Waals surface area contributed by atoms with Gasteiger partial charge in [0.05, 0.1) is 0 Å². The predicted octanol–water partition coefficient (Wildman–Crippen LogP) is 0.778. The highest BCUT2D eigenvalue weighted by Crippen LogP contribution is 2.37. The van der Waals surface area contributed by atoms with Gasteiger partial charge in [0.2, 0.25) is 5.91 Å². The molecule has 0 radical (unpaired) electrons. The van der Waals surface area contributed by atoms with Crippen LogP contribution in [0.4, 0.5) is 0 Å². The van der Waals surface area contributed by atoms with Crippen molar-refractivity contribution < 1.29 is 4.79 Å². The molecule has 1 amide bonds. The molecule has 0 unspecified atom stereocenters. The Balaban J connectivity index is 2.20. The second-order valence-corrected chi connectivity index (χ2v) is 2.71. The maximum atomic E-state index is 10.9. The van der Waals surface area contributed by atoms with Crippen LogP contribution in [0.15, 0.2) is 0 Å². The second-order valence-electron chi connectivity index (χ2n) is 2.71. The summed E-state index contributed by atoms with van der Waals surface area (Å²) in [6, 6.07) is 0. The van der Waals surface area contributed by atoms with Gasteiger partial charge in [-0.2, -0.15) is 0 Å². The maximum Gasteiger partial charge on any atom is 0.223 e. The third kappa shape index (κ3) is 1.44. The van der Waals surface area contributed by atoms with Crippen LogP contribution in [0.3, 0.4) is 0 Å². The SMILES string of the molecule is CCNC(=O)[C@@H]1C[C@H]1C. The lowest BCUT2D eigenvalue weighted by atomic mass is 10.3. The van der Waals surface area contributed by atoms with E-state index in [0.717, 1.165) is 13.0 Å². The van der Waals surface area contributed by atoms with Gasteiger partial charge in [0.1, 0.15) is 0 Å². The lowest BCUT2D eigenvalue weighted by Crippen LogP contribution is -2.24. The van der Waals surface area contributed by atoms with Crippen LogP contribution in [0.25, 0.3) is 0 Å². The number of carbonyl (C=O) groups is 1. The van der Waals surface area contributed by atoms with E-state index >= 15 is 0 Å². The molecule has 2 heteroatoms. The Morgan fingerprint density at radius 1 is 1.78 bits per heavy atom. The summed E-state index contributed by atoms with van der Waals surface area (Å²) >= 11 is 0. The molecule has 0 heterocycles. The van der Waals surface area contributed by atoms with Crippen molar-refractivity contribution in [3.63, 3.8) is 0 Å². The number of nitrogens with one attached hydrogen (secondary N) is 1. The molecule has 1 fully saturated rings. The van der Waals surface area contributed by atoms with Gasteiger partial charge < -0.3 is 5.32 Å². The van der Waals surface area contributed by atoms with E-state index in [9.17, 15) is 4.79 Å². The van der Waals surface area contributed by atoms with Crippen LogP contribution in [0.1, 0.15) is 20.3 Å². The van der Waals surface area contributed by atoms with Crippen LogP contribution in [-0.4, -0.2) is 12.5 Å². The molecule has 1 saturated carbocycles. The Hall–Kier alpha value is -0.530. The summed E-state index contributed by atoms with van der Waals surface area (Å²) in [6.45, 7) is 4.83. The highest BCUT2D eigenvalue weighted by atomic mass is 16.2. The van der Waals surface area contributed by atoms with Gasteiger partial charge in [0.25, 0.3) is 0 Å². The van der Waals surface area contributed by atoms with Crippen molar-refractivity contribution in [2.24, 2.45) is 11.8 Å². The standard InChI is InChI=1S/C7H13NO/c1-3-8-7(9)6-4-5(6)2/h5-6H,3-4H2,1-2H3,(H,8,9)/t5-,6-/m1/s1. The molecular weight excluding hydrogens is 114 g/mol. The van der Waals surface area contributed by atoms with Gasteiger partial charge in [0.15, 0.2) is 0 Å². The van der Waals surface area contributed by atoms with Crippen molar-refractivity contribution in [3.8, 4) is 0 Å². The summed E-state index contributed by atoms with van der Waals surface area (Å²) in [7, 11) is 0. The Labute approximate surface area is 55.6 Å². The molecule has 0 aliphatic heterocycles. The van der Waals surface area contributed by atoms with Crippen molar-refractivity contribution >= 4 is 5.91 Å². The maximum absolute atomic E-state index is 10.9. The molecule has 0 aromatic heterocycles. The zero-order valence-electron chi connectivity index (χ0n) is 5.98. The first-order valence-electron chi connectivity index (χ1n) is 3.53. The van der Waals surface area contributed by atoms with Crippen molar-refractivity contribution in [2.75, 3.05) is 6.54 Å². The Morgan fingerprint density at radius 3 is 2.67 bits per heavy atom. The summed E-state index contributed by atoms with van der Waals surface area (Å²) < 4.78 is 0. The van der Waals surface area contributed by atoms with Gasteiger partial charge in [-0.15, -0.1) is 0 Å². The minimum Gasteiger partial charge on any atom is -0.356 e. The summed E-state index contributed by atoms with van der Waals surface area (Å²) in [4.78, 5) is 10.9. The predicted molar refractivity (Wildman–Crippen MR) is 36.0 cm³/mol. The largest absolute Gasteiger partial charge is 0.356 e. The number of hydrogen-bond donors (Lipinski definition) is 1. The molecule has 0 bridgehead atoms. The number of carbonyl (C=O) groups excluding carboxylic acids is 1. The van der Waals surface area contributed by atoms with E-state index in [1.165, 1.54) is 0 Å². The van der Waals surface area contributed by atoms with Crippen molar-refractivity contribution in [3.05, 3.63) is 0 Å². The monoisotopic (exact) mass is 127 g/mol. The summed E-state index contributed by atoms with van der Waals surface area (Å²) in [5, 5.41) is 2.80. The second kappa shape index (κ2) is 2.38. The van der Waals surface area contributed by atoms with E-state index in [1.807, 2.05) is 6.92 Å². The molecule has 1 aliphatic rings. The average Bonchev–Trinajstić information content (AvgIpc) is 2.47. The van der Waals surface area contributed by atoms with Gasteiger partial charge in [-0.25, -0.2) is 0 Å². The molecule has 2 atom stereocenters. The highest BCUT2D eigenvalue weighted by Gasteiger charge is 2.38. The fourth-order valence-electron chi connectivity index (χ4n) is 0.993. The van der Waals surface area contributed by atoms with Crippen LogP contribution in [-0.2, 0) is 4.79 Å². The molecule has 2 nitrogen and oxygen atoms in total. The van der Waals surface area contributed by atoms with Crippen molar-refractivity contribution in [1.29, 1.82) is 0 Å². The van der Waals surface area contributed by atoms with Gasteiger partial charge in [0, 0.05) is 12.5 Å². The summed E-state index contributed by atoms with van der Waals surface area (Å²) in [5.41, 5.74) is 0. The van der Waals surface area contributed by atoms with Crippen molar-refractivity contribution in [1.82, 2.24) is 5.32 Å². The molecular formula is C7H13NO. The first-order chi connectivity index (χ1) is 4.25. The van der Waals surface area contributed by atoms with Gasteiger partial charge in [-0.05, 0) is 19.3 Å². The van der Waals surface area contributed by atoms with E-state index in [2.05, 4.69) is 12.2 Å². The molecule has 0 spiro atoms. The van der Waals surface area contributed by atoms with Crippen LogP contribution in [0.5, 0.6) is 0 Å². The third-order valence-electron chi connectivity index (χ3n) is 1.80. The number of amides is 1. The average molecular weight is 127 g/mol. The zero-order chi connectivity index (χ0) is 6.85. The van der Waals surface area contributed by atoms with Gasteiger partial charge in [-0.1, -0.05) is 6.92 Å². The molecule has 9 heavy (non-hydrogen) atoms. The van der Waals surface area contributed by atoms with Crippen LogP contribution < -0.4 is 5.32 Å². The smallest absolute Gasteiger partial charge is 0.223 e. The van der Waals surface area contributed by atoms with Crippen LogP contribution in [0.2, 0.25) is 0 Å². The molecule has 0 aromatic carbocycles. The highest BCUT2D eigenvalue weighted by molar-refractivity contribution is 5.81. The normalized spacial score (nSPS) is 31.8. The number of hydrogen-bond acceptors (Lipinski definition) is 1. The molecule has 1 aliphatic carbocycles. The Kier molecular flexibility index (Phi) is 1.74. The first-order valence-corrected chi connectivity index (χ1v) is 3.53. The molecule has 0 aromatic rings. The van der Waals surface area contributed by atoms with Gasteiger partial charge in [-0.3, -0.25) is 4.79 Å². The quantitative estimate of drug-likeness (QED) is 0.583. The first kappa shape index (κ1) is 6.59. The molecule has 52 valence electrons. The Bertz CT molecular complexity index is 122. The fourth-order valence-corrected chi connectivity index (χ4v) is 0.993. The van der Waals surface area contributed by atoms with Gasteiger partial charge >= 0.3 is 0 Å². The molecule has 0 saturated heterocycles. The fraction of sp³-hybridized carbons (Fsp3) is 0.857. The molecule has 1 N–H and O–H groups in total. The molecule has 1 rings (SSSR count). The van der Waals surface area contributed by atoms with Crippen LogP contribution >= 0.6 is 0 Å². The van der Waals surface area contributed by atoms with E-state index in [-0.39, 0.29) is 5.91 Å². The minimum atomic E-state index is 0.241. The van der Waals surface area contributed by atoms with E-state index in [1.54, 1.807) is 0 Å². The zero-order valence-corrected chi connectivity index (χ0v) is 5.98. The van der Waals surface area contributed by atoms with E-state index in [4.69, 9.17) is 0 Å². The summed E-state index contributed by atoms with van der Waals surface area (Å²) in [6.07, 6.45) is 1.09. The van der Waals surface area contributed by atoms with Crippen molar-refractivity contribution in [2.45, 2.75) is 20.3 Å². The lowest BCUT2D eigenvalue weighted by Gasteiger charge is -1.97. The number of rotatable bonds is 2.